The van der Waals surface area contributed by atoms with Crippen LogP contribution < -0.4 is 5.32 Å². The van der Waals surface area contributed by atoms with E-state index in [1.165, 1.54) is 23.5 Å². The van der Waals surface area contributed by atoms with Gasteiger partial charge < -0.3 is 5.32 Å². The summed E-state index contributed by atoms with van der Waals surface area (Å²) in [5.41, 5.74) is 1.44. The number of rotatable bonds is 3. The van der Waals surface area contributed by atoms with E-state index in [9.17, 15) is 9.18 Å². The van der Waals surface area contributed by atoms with Crippen molar-refractivity contribution in [1.29, 1.82) is 0 Å². The number of nitrogens with one attached hydrogen (secondary N) is 1. The van der Waals surface area contributed by atoms with Crippen LogP contribution in [0.2, 0.25) is 0 Å². The normalized spacial score (nSPS) is 11.5. The fourth-order valence-electron chi connectivity index (χ4n) is 1.91. The Bertz CT molecular complexity index is 641. The van der Waals surface area contributed by atoms with Crippen LogP contribution in [0.3, 0.4) is 0 Å². The van der Waals surface area contributed by atoms with Crippen LogP contribution in [-0.4, -0.2) is 16.4 Å². The second-order valence-corrected chi connectivity index (χ2v) is 7.11. The van der Waals surface area contributed by atoms with Crippen LogP contribution in [0, 0.1) is 12.7 Å². The smallest absolute Gasteiger partial charge is 0.263 e. The van der Waals surface area contributed by atoms with E-state index in [2.05, 4.69) is 10.3 Å². The molecule has 21 heavy (non-hydrogen) atoms. The first-order chi connectivity index (χ1) is 9.74. The number of carbonyl (C=O) groups excluding carboxylic acids is 1. The predicted octanol–water partition coefficient (Wildman–Crippen LogP) is 3.71. The van der Waals surface area contributed by atoms with Crippen molar-refractivity contribution in [2.24, 2.45) is 0 Å². The highest BCUT2D eigenvalue weighted by Gasteiger charge is 2.20. The standard InChI is InChI=1S/C16H19FN2OS/c1-10-14(15(20)19-16(2,3)4)21-13(18-10)9-11-5-7-12(17)8-6-11/h5-8H,9H2,1-4H3,(H,19,20). The summed E-state index contributed by atoms with van der Waals surface area (Å²) in [6.45, 7) is 7.67. The lowest BCUT2D eigenvalue weighted by molar-refractivity contribution is 0.0923. The molecule has 1 amide bonds. The Morgan fingerprint density at radius 1 is 1.29 bits per heavy atom. The van der Waals surface area contributed by atoms with Crippen LogP contribution in [0.25, 0.3) is 0 Å². The van der Waals surface area contributed by atoms with Crippen LogP contribution >= 0.6 is 11.3 Å². The predicted molar refractivity (Wildman–Crippen MR) is 83.3 cm³/mol. The summed E-state index contributed by atoms with van der Waals surface area (Å²) in [6.07, 6.45) is 0.606. The van der Waals surface area contributed by atoms with Gasteiger partial charge in [0.1, 0.15) is 10.7 Å². The van der Waals surface area contributed by atoms with E-state index in [1.807, 2.05) is 27.7 Å². The minimum atomic E-state index is -0.273. The molecule has 0 fully saturated rings. The molecule has 0 saturated heterocycles. The first kappa shape index (κ1) is 15.6. The molecule has 0 bridgehead atoms. The average Bonchev–Trinajstić information content (AvgIpc) is 2.71. The number of aryl methyl sites for hydroxylation is 1. The molecule has 0 spiro atoms. The molecule has 112 valence electrons. The third-order valence-electron chi connectivity index (χ3n) is 2.80. The van der Waals surface area contributed by atoms with Gasteiger partial charge in [-0.05, 0) is 45.4 Å². The molecule has 3 nitrogen and oxygen atoms in total. The molecule has 1 N–H and O–H groups in total. The zero-order chi connectivity index (χ0) is 15.6. The molecule has 0 radical (unpaired) electrons. The third kappa shape index (κ3) is 4.36. The second kappa shape index (κ2) is 5.93. The van der Waals surface area contributed by atoms with Gasteiger partial charge in [-0.25, -0.2) is 9.37 Å². The summed E-state index contributed by atoms with van der Waals surface area (Å²) < 4.78 is 12.9. The number of aromatic nitrogens is 1. The van der Waals surface area contributed by atoms with E-state index in [1.54, 1.807) is 12.1 Å². The second-order valence-electron chi connectivity index (χ2n) is 6.03. The number of hydrogen-bond donors (Lipinski definition) is 1. The number of halogens is 1. The summed E-state index contributed by atoms with van der Waals surface area (Å²) in [5.74, 6) is -0.345. The van der Waals surface area contributed by atoms with Gasteiger partial charge in [-0.1, -0.05) is 12.1 Å². The minimum absolute atomic E-state index is 0.0946. The molecule has 1 aromatic carbocycles. The molecule has 2 aromatic rings. The van der Waals surface area contributed by atoms with Gasteiger partial charge in [-0.15, -0.1) is 11.3 Å². The van der Waals surface area contributed by atoms with Gasteiger partial charge in [-0.3, -0.25) is 4.79 Å². The molecule has 1 heterocycles. The fraction of sp³-hybridized carbons (Fsp3) is 0.375. The summed E-state index contributed by atoms with van der Waals surface area (Å²) in [6, 6.07) is 6.34. The van der Waals surface area contributed by atoms with E-state index in [-0.39, 0.29) is 17.3 Å². The SMILES string of the molecule is Cc1nc(Cc2ccc(F)cc2)sc1C(=O)NC(C)(C)C. The molecule has 0 aliphatic heterocycles. The van der Waals surface area contributed by atoms with Gasteiger partial charge >= 0.3 is 0 Å². The number of nitrogens with zero attached hydrogens (tertiary/aromatic N) is 1. The summed E-state index contributed by atoms with van der Waals surface area (Å²) >= 11 is 1.39. The van der Waals surface area contributed by atoms with Crippen LogP contribution in [-0.2, 0) is 6.42 Å². The lowest BCUT2D eigenvalue weighted by atomic mass is 10.1. The van der Waals surface area contributed by atoms with Crippen molar-refractivity contribution in [2.45, 2.75) is 39.7 Å². The molecule has 2 rings (SSSR count). The molecule has 0 saturated carbocycles. The lowest BCUT2D eigenvalue weighted by Gasteiger charge is -2.19. The maximum atomic E-state index is 12.9. The quantitative estimate of drug-likeness (QED) is 0.939. The topological polar surface area (TPSA) is 42.0 Å². The number of thiazole rings is 1. The van der Waals surface area contributed by atoms with Crippen LogP contribution in [0.4, 0.5) is 4.39 Å². The molecular formula is C16H19FN2OS. The average molecular weight is 306 g/mol. The maximum absolute atomic E-state index is 12.9. The molecule has 0 aliphatic rings. The first-order valence-corrected chi connectivity index (χ1v) is 7.59. The Morgan fingerprint density at radius 3 is 2.48 bits per heavy atom. The Morgan fingerprint density at radius 2 is 1.90 bits per heavy atom. The highest BCUT2D eigenvalue weighted by molar-refractivity contribution is 7.13. The number of carbonyl (C=O) groups is 1. The zero-order valence-corrected chi connectivity index (χ0v) is 13.5. The van der Waals surface area contributed by atoms with E-state index in [0.29, 0.717) is 11.3 Å². The van der Waals surface area contributed by atoms with Gasteiger partial charge in [0.15, 0.2) is 0 Å². The van der Waals surface area contributed by atoms with Gasteiger partial charge in [0.2, 0.25) is 0 Å². The Kier molecular flexibility index (Phi) is 4.42. The van der Waals surface area contributed by atoms with Gasteiger partial charge in [0.05, 0.1) is 10.7 Å². The fourth-order valence-corrected chi connectivity index (χ4v) is 2.91. The Hall–Kier alpha value is -1.75. The number of hydrogen-bond acceptors (Lipinski definition) is 3. The van der Waals surface area contributed by atoms with Crippen molar-refractivity contribution >= 4 is 17.2 Å². The van der Waals surface area contributed by atoms with Gasteiger partial charge in [-0.2, -0.15) is 0 Å². The molecule has 0 atom stereocenters. The van der Waals surface area contributed by atoms with Crippen molar-refractivity contribution in [3.05, 3.63) is 51.2 Å². The van der Waals surface area contributed by atoms with Crippen molar-refractivity contribution < 1.29 is 9.18 Å². The Balaban J connectivity index is 2.15. The summed E-state index contributed by atoms with van der Waals surface area (Å²) in [4.78, 5) is 17.3. The van der Waals surface area contributed by atoms with Crippen molar-refractivity contribution in [2.75, 3.05) is 0 Å². The third-order valence-corrected chi connectivity index (χ3v) is 3.96. The van der Waals surface area contributed by atoms with Gasteiger partial charge in [0, 0.05) is 12.0 Å². The van der Waals surface area contributed by atoms with Crippen molar-refractivity contribution in [3.8, 4) is 0 Å². The van der Waals surface area contributed by atoms with Gasteiger partial charge in [0.25, 0.3) is 5.91 Å². The highest BCUT2D eigenvalue weighted by Crippen LogP contribution is 2.21. The zero-order valence-electron chi connectivity index (χ0n) is 12.7. The monoisotopic (exact) mass is 306 g/mol. The first-order valence-electron chi connectivity index (χ1n) is 6.78. The molecule has 0 unspecified atom stereocenters. The van der Waals surface area contributed by atoms with E-state index < -0.39 is 0 Å². The van der Waals surface area contributed by atoms with Crippen molar-refractivity contribution in [3.63, 3.8) is 0 Å². The maximum Gasteiger partial charge on any atom is 0.263 e. The van der Waals surface area contributed by atoms with E-state index in [4.69, 9.17) is 0 Å². The highest BCUT2D eigenvalue weighted by atomic mass is 32.1. The minimum Gasteiger partial charge on any atom is -0.347 e. The van der Waals surface area contributed by atoms with Crippen molar-refractivity contribution in [1.82, 2.24) is 10.3 Å². The molecule has 1 aromatic heterocycles. The van der Waals surface area contributed by atoms with Crippen LogP contribution in [0.5, 0.6) is 0 Å². The molecule has 5 heteroatoms. The molecular weight excluding hydrogens is 287 g/mol. The lowest BCUT2D eigenvalue weighted by Crippen LogP contribution is -2.40. The summed E-state index contributed by atoms with van der Waals surface area (Å²) in [7, 11) is 0. The van der Waals surface area contributed by atoms with Crippen LogP contribution in [0.1, 0.15) is 46.7 Å². The van der Waals surface area contributed by atoms with E-state index in [0.717, 1.165) is 16.3 Å². The van der Waals surface area contributed by atoms with E-state index >= 15 is 0 Å². The largest absolute Gasteiger partial charge is 0.347 e. The van der Waals surface area contributed by atoms with Crippen LogP contribution in [0.15, 0.2) is 24.3 Å². The summed E-state index contributed by atoms with van der Waals surface area (Å²) in [5, 5.41) is 3.80. The Labute approximate surface area is 128 Å². The molecule has 0 aliphatic carbocycles. The number of benzene rings is 1. The number of amides is 1.